The number of hydrogen-bond acceptors (Lipinski definition) is 3. The smallest absolute Gasteiger partial charge is 0.307 e. The van der Waals surface area contributed by atoms with E-state index in [1.165, 1.54) is 0 Å². The zero-order valence-electron chi connectivity index (χ0n) is 10.9. The van der Waals surface area contributed by atoms with Gasteiger partial charge in [0.25, 0.3) is 0 Å². The Hall–Kier alpha value is -1.07. The number of halogens is 1. The van der Waals surface area contributed by atoms with Gasteiger partial charge in [0.1, 0.15) is 5.75 Å². The molecule has 0 bridgehead atoms. The Morgan fingerprint density at radius 1 is 1.58 bits per heavy atom. The van der Waals surface area contributed by atoms with E-state index in [0.29, 0.717) is 6.54 Å². The van der Waals surface area contributed by atoms with Crippen LogP contribution in [0.4, 0.5) is 0 Å². The maximum absolute atomic E-state index is 11.1. The Balaban J connectivity index is 2.02. The van der Waals surface area contributed by atoms with E-state index in [-0.39, 0.29) is 5.92 Å². The third kappa shape index (κ3) is 3.70. The summed E-state index contributed by atoms with van der Waals surface area (Å²) >= 11 is 3.54. The van der Waals surface area contributed by atoms with Crippen molar-refractivity contribution in [2.24, 2.45) is 5.92 Å². The maximum atomic E-state index is 11.1. The first-order valence-corrected chi connectivity index (χ1v) is 7.17. The van der Waals surface area contributed by atoms with Crippen LogP contribution in [0.5, 0.6) is 5.75 Å². The minimum absolute atomic E-state index is 0.231. The van der Waals surface area contributed by atoms with E-state index < -0.39 is 5.97 Å². The standard InChI is InChI=1S/C14H18BrNO3/c1-19-12-5-4-10(13(15)7-12)8-16-6-2-3-11(9-16)14(17)18/h4-5,7,11H,2-3,6,8-9H2,1H3,(H,17,18). The van der Waals surface area contributed by atoms with E-state index in [2.05, 4.69) is 20.8 Å². The van der Waals surface area contributed by atoms with E-state index >= 15 is 0 Å². The molecule has 0 spiro atoms. The lowest BCUT2D eigenvalue weighted by molar-refractivity contribution is -0.143. The van der Waals surface area contributed by atoms with Gasteiger partial charge in [0.2, 0.25) is 0 Å². The van der Waals surface area contributed by atoms with Crippen molar-refractivity contribution in [1.29, 1.82) is 0 Å². The minimum atomic E-state index is -0.682. The Morgan fingerprint density at radius 3 is 3.00 bits per heavy atom. The van der Waals surface area contributed by atoms with Crippen LogP contribution in [-0.2, 0) is 11.3 Å². The molecule has 2 rings (SSSR count). The number of carboxylic acids is 1. The fourth-order valence-corrected chi connectivity index (χ4v) is 2.91. The molecule has 0 saturated carbocycles. The number of carboxylic acid groups (broad SMARTS) is 1. The highest BCUT2D eigenvalue weighted by Gasteiger charge is 2.25. The summed E-state index contributed by atoms with van der Waals surface area (Å²) < 4.78 is 6.17. The summed E-state index contributed by atoms with van der Waals surface area (Å²) in [6, 6.07) is 5.89. The van der Waals surface area contributed by atoms with Crippen molar-refractivity contribution >= 4 is 21.9 Å². The first kappa shape index (κ1) is 14.3. The molecule has 1 aromatic carbocycles. The van der Waals surface area contributed by atoms with Crippen LogP contribution >= 0.6 is 15.9 Å². The number of aliphatic carboxylic acids is 1. The van der Waals surface area contributed by atoms with Crippen molar-refractivity contribution in [2.45, 2.75) is 19.4 Å². The van der Waals surface area contributed by atoms with Gasteiger partial charge in [-0.25, -0.2) is 0 Å². The van der Waals surface area contributed by atoms with Gasteiger partial charge in [0, 0.05) is 17.6 Å². The molecule has 1 fully saturated rings. The lowest BCUT2D eigenvalue weighted by Gasteiger charge is -2.30. The van der Waals surface area contributed by atoms with Gasteiger partial charge in [0.05, 0.1) is 13.0 Å². The molecular weight excluding hydrogens is 310 g/mol. The number of piperidine rings is 1. The minimum Gasteiger partial charge on any atom is -0.497 e. The highest BCUT2D eigenvalue weighted by atomic mass is 79.9. The van der Waals surface area contributed by atoms with Gasteiger partial charge in [-0.2, -0.15) is 0 Å². The Bertz CT molecular complexity index is 464. The number of ether oxygens (including phenoxy) is 1. The molecule has 1 aliphatic rings. The molecule has 1 aromatic rings. The number of benzene rings is 1. The molecule has 1 aliphatic heterocycles. The topological polar surface area (TPSA) is 49.8 Å². The van der Waals surface area contributed by atoms with Crippen molar-refractivity contribution < 1.29 is 14.6 Å². The zero-order chi connectivity index (χ0) is 13.8. The van der Waals surface area contributed by atoms with Crippen LogP contribution in [0.15, 0.2) is 22.7 Å². The molecular formula is C14H18BrNO3. The van der Waals surface area contributed by atoms with Gasteiger partial charge >= 0.3 is 5.97 Å². The second-order valence-corrected chi connectivity index (χ2v) is 5.72. The molecule has 1 unspecified atom stereocenters. The molecule has 1 N–H and O–H groups in total. The van der Waals surface area contributed by atoms with Gasteiger partial charge in [-0.15, -0.1) is 0 Å². The average molecular weight is 328 g/mol. The average Bonchev–Trinajstić information content (AvgIpc) is 2.41. The highest BCUT2D eigenvalue weighted by Crippen LogP contribution is 2.26. The van der Waals surface area contributed by atoms with Crippen molar-refractivity contribution in [1.82, 2.24) is 4.90 Å². The second-order valence-electron chi connectivity index (χ2n) is 4.87. The van der Waals surface area contributed by atoms with Crippen molar-refractivity contribution in [3.05, 3.63) is 28.2 Å². The van der Waals surface area contributed by atoms with Gasteiger partial charge in [-0.05, 0) is 37.1 Å². The van der Waals surface area contributed by atoms with Crippen molar-refractivity contribution in [2.75, 3.05) is 20.2 Å². The number of carbonyl (C=O) groups is 1. The third-order valence-electron chi connectivity index (χ3n) is 3.51. The Morgan fingerprint density at radius 2 is 2.37 bits per heavy atom. The van der Waals surface area contributed by atoms with E-state index in [9.17, 15) is 4.79 Å². The van der Waals surface area contributed by atoms with Crippen LogP contribution in [0.1, 0.15) is 18.4 Å². The number of hydrogen-bond donors (Lipinski definition) is 1. The van der Waals surface area contributed by atoms with E-state index in [0.717, 1.165) is 41.7 Å². The molecule has 5 heteroatoms. The van der Waals surface area contributed by atoms with Gasteiger partial charge in [-0.1, -0.05) is 22.0 Å². The Labute approximate surface area is 121 Å². The first-order valence-electron chi connectivity index (χ1n) is 6.37. The highest BCUT2D eigenvalue weighted by molar-refractivity contribution is 9.10. The fraction of sp³-hybridized carbons (Fsp3) is 0.500. The predicted octanol–water partition coefficient (Wildman–Crippen LogP) is 2.75. The normalized spacial score (nSPS) is 20.2. The quantitative estimate of drug-likeness (QED) is 0.923. The van der Waals surface area contributed by atoms with Gasteiger partial charge < -0.3 is 9.84 Å². The fourth-order valence-electron chi connectivity index (χ4n) is 2.42. The summed E-state index contributed by atoms with van der Waals surface area (Å²) in [5.74, 6) is -0.0954. The first-order chi connectivity index (χ1) is 9.10. The van der Waals surface area contributed by atoms with E-state index in [4.69, 9.17) is 9.84 Å². The maximum Gasteiger partial charge on any atom is 0.307 e. The second kappa shape index (κ2) is 6.39. The van der Waals surface area contributed by atoms with Crippen LogP contribution < -0.4 is 4.74 Å². The van der Waals surface area contributed by atoms with Crippen LogP contribution in [0.25, 0.3) is 0 Å². The molecule has 0 aromatic heterocycles. The number of nitrogens with zero attached hydrogens (tertiary/aromatic N) is 1. The van der Waals surface area contributed by atoms with Crippen LogP contribution in [0.2, 0.25) is 0 Å². The van der Waals surface area contributed by atoms with E-state index in [1.807, 2.05) is 18.2 Å². The SMILES string of the molecule is COc1ccc(CN2CCCC(C(=O)O)C2)c(Br)c1. The summed E-state index contributed by atoms with van der Waals surface area (Å²) in [6.07, 6.45) is 1.74. The van der Waals surface area contributed by atoms with Gasteiger partial charge in [0.15, 0.2) is 0 Å². The van der Waals surface area contributed by atoms with Crippen LogP contribution in [0.3, 0.4) is 0 Å². The van der Waals surface area contributed by atoms with E-state index in [1.54, 1.807) is 7.11 Å². The third-order valence-corrected chi connectivity index (χ3v) is 4.25. The molecule has 1 saturated heterocycles. The molecule has 4 nitrogen and oxygen atoms in total. The summed E-state index contributed by atoms with van der Waals surface area (Å²) in [6.45, 7) is 2.37. The molecule has 1 atom stereocenters. The summed E-state index contributed by atoms with van der Waals surface area (Å²) in [5, 5.41) is 9.09. The molecule has 0 amide bonds. The number of likely N-dealkylation sites (tertiary alicyclic amines) is 1. The summed E-state index contributed by atoms with van der Waals surface area (Å²) in [4.78, 5) is 13.3. The van der Waals surface area contributed by atoms with Crippen LogP contribution in [0, 0.1) is 5.92 Å². The molecule has 0 radical (unpaired) electrons. The zero-order valence-corrected chi connectivity index (χ0v) is 12.5. The summed E-state index contributed by atoms with van der Waals surface area (Å²) in [7, 11) is 1.64. The monoisotopic (exact) mass is 327 g/mol. The molecule has 19 heavy (non-hydrogen) atoms. The van der Waals surface area contributed by atoms with Crippen LogP contribution in [-0.4, -0.2) is 36.2 Å². The molecule has 1 heterocycles. The lowest BCUT2D eigenvalue weighted by atomic mass is 9.98. The van der Waals surface area contributed by atoms with Crippen molar-refractivity contribution in [3.63, 3.8) is 0 Å². The number of methoxy groups -OCH3 is 1. The molecule has 0 aliphatic carbocycles. The number of rotatable bonds is 4. The Kier molecular flexibility index (Phi) is 4.82. The van der Waals surface area contributed by atoms with Crippen molar-refractivity contribution in [3.8, 4) is 5.75 Å². The van der Waals surface area contributed by atoms with Gasteiger partial charge in [-0.3, -0.25) is 9.69 Å². The summed E-state index contributed by atoms with van der Waals surface area (Å²) in [5.41, 5.74) is 1.16. The largest absolute Gasteiger partial charge is 0.497 e. The lowest BCUT2D eigenvalue weighted by Crippen LogP contribution is -2.38. The predicted molar refractivity (Wildman–Crippen MR) is 76.3 cm³/mol. The molecule has 104 valence electrons.